The molecule has 0 aromatic heterocycles. The van der Waals surface area contributed by atoms with E-state index in [1.54, 1.807) is 0 Å². The van der Waals surface area contributed by atoms with E-state index >= 15 is 0 Å². The zero-order chi connectivity index (χ0) is 18.2. The van der Waals surface area contributed by atoms with Crippen molar-refractivity contribution in [1.29, 1.82) is 0 Å². The van der Waals surface area contributed by atoms with E-state index in [4.69, 9.17) is 4.74 Å². The molecule has 1 saturated heterocycles. The first-order chi connectivity index (χ1) is 12.0. The van der Waals surface area contributed by atoms with Gasteiger partial charge in [-0.05, 0) is 17.9 Å². The van der Waals surface area contributed by atoms with Gasteiger partial charge in [0.25, 0.3) is 0 Å². The van der Waals surface area contributed by atoms with Crippen LogP contribution in [0.5, 0.6) is 0 Å². The second kappa shape index (κ2) is 11.0. The van der Waals surface area contributed by atoms with Gasteiger partial charge in [0.1, 0.15) is 12.6 Å². The molecule has 1 aromatic carbocycles. The maximum atomic E-state index is 12.5. The van der Waals surface area contributed by atoms with Crippen molar-refractivity contribution in [2.24, 2.45) is 5.92 Å². The Kier molecular flexibility index (Phi) is 9.40. The number of nitrogens with one attached hydrogen (secondary N) is 3. The lowest BCUT2D eigenvalue weighted by Gasteiger charge is -2.23. The summed E-state index contributed by atoms with van der Waals surface area (Å²) < 4.78 is 5.19. The average Bonchev–Trinajstić information content (AvgIpc) is 2.98. The molecule has 146 valence electrons. The molecule has 1 aliphatic rings. The maximum Gasteiger partial charge on any atom is 0.408 e. The van der Waals surface area contributed by atoms with Gasteiger partial charge in [-0.2, -0.15) is 0 Å². The highest BCUT2D eigenvalue weighted by Crippen LogP contribution is 2.08. The second-order valence-electron chi connectivity index (χ2n) is 6.73. The third-order valence-electron chi connectivity index (χ3n) is 4.04. The molecular formula is C18H28ClN3O4. The fourth-order valence-electron chi connectivity index (χ4n) is 2.71. The van der Waals surface area contributed by atoms with Crippen molar-refractivity contribution < 1.29 is 19.4 Å². The van der Waals surface area contributed by atoms with Gasteiger partial charge in [0.15, 0.2) is 0 Å². The van der Waals surface area contributed by atoms with E-state index in [2.05, 4.69) is 16.0 Å². The standard InChI is InChI=1S/C18H27N3O4.ClH/c1-12(2)8-14(17(23)20-15-9-19-10-16(15)22)21-18(24)25-11-13-6-4-3-5-7-13;/h3-7,12,14-16,19,22H,8-11H2,1-2H3,(H,20,23)(H,21,24);1H/t14-,15?,16?;/m0./s1. The molecule has 26 heavy (non-hydrogen) atoms. The largest absolute Gasteiger partial charge is 0.445 e. The molecule has 2 unspecified atom stereocenters. The lowest BCUT2D eigenvalue weighted by Crippen LogP contribution is -2.52. The van der Waals surface area contributed by atoms with Gasteiger partial charge in [0.2, 0.25) is 5.91 Å². The molecule has 7 nitrogen and oxygen atoms in total. The number of carbonyl (C=O) groups excluding carboxylic acids is 2. The molecule has 0 radical (unpaired) electrons. The lowest BCUT2D eigenvalue weighted by atomic mass is 10.0. The summed E-state index contributed by atoms with van der Waals surface area (Å²) in [6, 6.07) is 8.30. The topological polar surface area (TPSA) is 99.7 Å². The Morgan fingerprint density at radius 1 is 1.27 bits per heavy atom. The number of aliphatic hydroxyl groups is 1. The number of rotatable bonds is 7. The number of amides is 2. The molecule has 8 heteroatoms. The molecule has 4 N–H and O–H groups in total. The summed E-state index contributed by atoms with van der Waals surface area (Å²) in [5.74, 6) is -0.0880. The number of β-amino-alcohol motifs (C(OH)–C–C–N with tert-alkyl or cyclic N) is 1. The van der Waals surface area contributed by atoms with Crippen LogP contribution in [0.4, 0.5) is 4.79 Å². The fourth-order valence-corrected chi connectivity index (χ4v) is 2.71. The molecular weight excluding hydrogens is 358 g/mol. The van der Waals surface area contributed by atoms with Crippen molar-refractivity contribution in [2.45, 2.75) is 45.1 Å². The summed E-state index contributed by atoms with van der Waals surface area (Å²) in [6.07, 6.45) is -0.758. The first kappa shape index (κ1) is 22.2. The van der Waals surface area contributed by atoms with Crippen molar-refractivity contribution >= 4 is 24.4 Å². The third kappa shape index (κ3) is 7.19. The van der Waals surface area contributed by atoms with Gasteiger partial charge in [-0.1, -0.05) is 44.2 Å². The van der Waals surface area contributed by atoms with Crippen LogP contribution in [0.3, 0.4) is 0 Å². The smallest absolute Gasteiger partial charge is 0.408 e. The summed E-state index contributed by atoms with van der Waals surface area (Å²) in [5.41, 5.74) is 0.877. The molecule has 3 atom stereocenters. The minimum absolute atomic E-state index is 0. The van der Waals surface area contributed by atoms with Crippen LogP contribution in [-0.2, 0) is 16.1 Å². The molecule has 0 spiro atoms. The van der Waals surface area contributed by atoms with E-state index in [1.807, 2.05) is 44.2 Å². The van der Waals surface area contributed by atoms with Gasteiger partial charge in [-0.15, -0.1) is 12.4 Å². The summed E-state index contributed by atoms with van der Waals surface area (Å²) >= 11 is 0. The Hall–Kier alpha value is -1.83. The van der Waals surface area contributed by atoms with Crippen LogP contribution in [0.15, 0.2) is 30.3 Å². The minimum atomic E-state index is -0.698. The molecule has 0 saturated carbocycles. The predicted molar refractivity (Wildman–Crippen MR) is 101 cm³/mol. The van der Waals surface area contributed by atoms with Crippen LogP contribution in [0.25, 0.3) is 0 Å². The maximum absolute atomic E-state index is 12.5. The Bertz CT molecular complexity index is 571. The highest BCUT2D eigenvalue weighted by Gasteiger charge is 2.30. The van der Waals surface area contributed by atoms with Gasteiger partial charge < -0.3 is 25.8 Å². The second-order valence-corrected chi connectivity index (χ2v) is 6.73. The van der Waals surface area contributed by atoms with Crippen LogP contribution < -0.4 is 16.0 Å². The van der Waals surface area contributed by atoms with Crippen molar-refractivity contribution in [3.63, 3.8) is 0 Å². The van der Waals surface area contributed by atoms with E-state index in [0.29, 0.717) is 19.5 Å². The van der Waals surface area contributed by atoms with Crippen molar-refractivity contribution in [3.8, 4) is 0 Å². The summed E-state index contributed by atoms with van der Waals surface area (Å²) in [7, 11) is 0. The van der Waals surface area contributed by atoms with Crippen LogP contribution in [0.1, 0.15) is 25.8 Å². The number of benzene rings is 1. The molecule has 1 heterocycles. The van der Waals surface area contributed by atoms with E-state index in [0.717, 1.165) is 5.56 Å². The van der Waals surface area contributed by atoms with Crippen LogP contribution in [-0.4, -0.2) is 48.4 Å². The molecule has 1 fully saturated rings. The van der Waals surface area contributed by atoms with Crippen LogP contribution >= 0.6 is 12.4 Å². The van der Waals surface area contributed by atoms with E-state index in [9.17, 15) is 14.7 Å². The van der Waals surface area contributed by atoms with Gasteiger partial charge in [-0.25, -0.2) is 4.79 Å². The number of alkyl carbamates (subject to hydrolysis) is 1. The van der Waals surface area contributed by atoms with Crippen molar-refractivity contribution in [2.75, 3.05) is 13.1 Å². The number of aliphatic hydroxyl groups excluding tert-OH is 1. The van der Waals surface area contributed by atoms with Gasteiger partial charge in [0, 0.05) is 13.1 Å². The molecule has 0 bridgehead atoms. The number of hydrogen-bond acceptors (Lipinski definition) is 5. The van der Waals surface area contributed by atoms with Gasteiger partial charge in [-0.3, -0.25) is 4.79 Å². The quantitative estimate of drug-likeness (QED) is 0.565. The molecule has 1 aliphatic heterocycles. The number of ether oxygens (including phenoxy) is 1. The fraction of sp³-hybridized carbons (Fsp3) is 0.556. The van der Waals surface area contributed by atoms with E-state index in [1.165, 1.54) is 0 Å². The molecule has 0 aliphatic carbocycles. The minimum Gasteiger partial charge on any atom is -0.445 e. The zero-order valence-electron chi connectivity index (χ0n) is 15.1. The Morgan fingerprint density at radius 2 is 1.96 bits per heavy atom. The first-order valence-electron chi connectivity index (χ1n) is 8.62. The van der Waals surface area contributed by atoms with Crippen LogP contribution in [0.2, 0.25) is 0 Å². The van der Waals surface area contributed by atoms with Gasteiger partial charge in [0.05, 0.1) is 12.1 Å². The normalized spacial score (nSPS) is 20.2. The number of carbonyl (C=O) groups is 2. The Morgan fingerprint density at radius 3 is 2.54 bits per heavy atom. The molecule has 2 rings (SSSR count). The molecule has 1 aromatic rings. The monoisotopic (exact) mass is 385 g/mol. The summed E-state index contributed by atoms with van der Waals surface area (Å²) in [6.45, 7) is 5.06. The highest BCUT2D eigenvalue weighted by atomic mass is 35.5. The van der Waals surface area contributed by atoms with Gasteiger partial charge >= 0.3 is 6.09 Å². The lowest BCUT2D eigenvalue weighted by molar-refractivity contribution is -0.124. The average molecular weight is 386 g/mol. The Balaban J connectivity index is 0.00000338. The molecule has 2 amide bonds. The highest BCUT2D eigenvalue weighted by molar-refractivity contribution is 5.86. The van der Waals surface area contributed by atoms with E-state index < -0.39 is 18.2 Å². The van der Waals surface area contributed by atoms with Crippen LogP contribution in [0, 0.1) is 5.92 Å². The predicted octanol–water partition coefficient (Wildman–Crippen LogP) is 1.20. The SMILES string of the molecule is CC(C)C[C@H](NC(=O)OCc1ccccc1)C(=O)NC1CNCC1O.Cl. The van der Waals surface area contributed by atoms with Crippen molar-refractivity contribution in [3.05, 3.63) is 35.9 Å². The number of hydrogen-bond donors (Lipinski definition) is 4. The number of halogens is 1. The zero-order valence-corrected chi connectivity index (χ0v) is 15.9. The summed E-state index contributed by atoms with van der Waals surface area (Å²) in [4.78, 5) is 24.5. The third-order valence-corrected chi connectivity index (χ3v) is 4.04. The first-order valence-corrected chi connectivity index (χ1v) is 8.62. The summed E-state index contributed by atoms with van der Waals surface area (Å²) in [5, 5.41) is 18.2. The van der Waals surface area contributed by atoms with Crippen molar-refractivity contribution in [1.82, 2.24) is 16.0 Å². The van der Waals surface area contributed by atoms with E-state index in [-0.39, 0.29) is 36.9 Å². The Labute approximate surface area is 160 Å².